The first-order chi connectivity index (χ1) is 4.09. The Morgan fingerprint density at radius 2 is 1.67 bits per heavy atom. The summed E-state index contributed by atoms with van der Waals surface area (Å²) < 4.78 is 0. The molecule has 0 spiro atoms. The largest absolute Gasteiger partial charge is 0.0716 e. The van der Waals surface area contributed by atoms with Gasteiger partial charge in [0.2, 0.25) is 0 Å². The van der Waals surface area contributed by atoms with E-state index in [1.807, 2.05) is 0 Å². The smallest absolute Gasteiger partial charge is 0.0390 e. The summed E-state index contributed by atoms with van der Waals surface area (Å²) in [5.74, 6) is 0. The molecule has 0 rings (SSSR count). The quantitative estimate of drug-likeness (QED) is 0.534. The van der Waals surface area contributed by atoms with Gasteiger partial charge in [-0.25, -0.2) is 0 Å². The van der Waals surface area contributed by atoms with Gasteiger partial charge >= 0.3 is 0 Å². The number of hydrogen-bond donors (Lipinski definition) is 0. The number of hydrogen-bond acceptors (Lipinski definition) is 0. The van der Waals surface area contributed by atoms with Crippen molar-refractivity contribution in [3.05, 3.63) is 0 Å². The Morgan fingerprint density at radius 3 is 1.78 bits per heavy atom. The zero-order valence-corrected chi connectivity index (χ0v) is 8.59. The van der Waals surface area contributed by atoms with Gasteiger partial charge in [0, 0.05) is 8.80 Å². The maximum absolute atomic E-state index is 2.48. The van der Waals surface area contributed by atoms with Crippen LogP contribution < -0.4 is 0 Å². The summed E-state index contributed by atoms with van der Waals surface area (Å²) in [7, 11) is -0.370. The molecule has 0 radical (unpaired) electrons. The van der Waals surface area contributed by atoms with Crippen molar-refractivity contribution in [2.24, 2.45) is 0 Å². The molecule has 2 atom stereocenters. The molecule has 0 aromatic carbocycles. The fourth-order valence-corrected chi connectivity index (χ4v) is 3.09. The Bertz CT molecular complexity index is 69.0. The lowest BCUT2D eigenvalue weighted by atomic mass is 10.4. The highest BCUT2D eigenvalue weighted by Crippen LogP contribution is 2.22. The lowest BCUT2D eigenvalue weighted by Crippen LogP contribution is -2.17. The van der Waals surface area contributed by atoms with Crippen LogP contribution >= 0.6 is 0 Å². The maximum Gasteiger partial charge on any atom is 0.0390 e. The minimum atomic E-state index is -0.370. The molecule has 0 saturated carbocycles. The predicted molar refractivity (Wildman–Crippen MR) is 47.8 cm³/mol. The normalized spacial score (nSPS) is 18.0. The summed E-state index contributed by atoms with van der Waals surface area (Å²) in [6.45, 7) is 11.9. The molecule has 1 heteroatoms. The zero-order chi connectivity index (χ0) is 7.44. The van der Waals surface area contributed by atoms with Crippen molar-refractivity contribution in [3.63, 3.8) is 0 Å². The van der Waals surface area contributed by atoms with Crippen LogP contribution in [0.1, 0.15) is 34.1 Å². The molecule has 0 N–H and O–H groups in total. The Morgan fingerprint density at radius 1 is 1.22 bits per heavy atom. The summed E-state index contributed by atoms with van der Waals surface area (Å²) in [5.41, 5.74) is 2.02. The van der Waals surface area contributed by atoms with E-state index in [4.69, 9.17) is 0 Å². The predicted octanol–water partition coefficient (Wildman–Crippen LogP) is 3.05. The van der Waals surface area contributed by atoms with Crippen LogP contribution in [0, 0.1) is 0 Å². The standard InChI is InChI=1S/C8H20Si/c1-6-8(4)9(5)7(2)3/h7-9H,6H2,1-5H3. The van der Waals surface area contributed by atoms with Gasteiger partial charge in [-0.2, -0.15) is 0 Å². The van der Waals surface area contributed by atoms with Gasteiger partial charge in [0.1, 0.15) is 0 Å². The van der Waals surface area contributed by atoms with Crippen molar-refractivity contribution in [2.45, 2.75) is 51.7 Å². The van der Waals surface area contributed by atoms with E-state index in [-0.39, 0.29) is 8.80 Å². The first-order valence-electron chi connectivity index (χ1n) is 4.09. The van der Waals surface area contributed by atoms with Crippen molar-refractivity contribution in [1.29, 1.82) is 0 Å². The van der Waals surface area contributed by atoms with Crippen LogP contribution in [0.2, 0.25) is 17.6 Å². The fourth-order valence-electron chi connectivity index (χ4n) is 1.03. The molecule has 0 heterocycles. The molecule has 0 aliphatic heterocycles. The lowest BCUT2D eigenvalue weighted by molar-refractivity contribution is 0.827. The third-order valence-corrected chi connectivity index (χ3v) is 6.96. The van der Waals surface area contributed by atoms with E-state index in [0.717, 1.165) is 11.1 Å². The molecule has 0 saturated heterocycles. The van der Waals surface area contributed by atoms with Crippen LogP contribution in [0.5, 0.6) is 0 Å². The van der Waals surface area contributed by atoms with Gasteiger partial charge in [-0.1, -0.05) is 51.7 Å². The Kier molecular flexibility index (Phi) is 4.20. The van der Waals surface area contributed by atoms with E-state index in [0.29, 0.717) is 0 Å². The van der Waals surface area contributed by atoms with E-state index < -0.39 is 0 Å². The topological polar surface area (TPSA) is 0 Å². The van der Waals surface area contributed by atoms with Crippen LogP contribution in [-0.4, -0.2) is 8.80 Å². The van der Waals surface area contributed by atoms with Gasteiger partial charge in [-0.15, -0.1) is 0 Å². The highest BCUT2D eigenvalue weighted by molar-refractivity contribution is 6.60. The monoisotopic (exact) mass is 144 g/mol. The summed E-state index contributed by atoms with van der Waals surface area (Å²) in [6, 6.07) is 0. The molecule has 0 bridgehead atoms. The molecule has 0 amide bonds. The first kappa shape index (κ1) is 9.22. The summed E-state index contributed by atoms with van der Waals surface area (Å²) >= 11 is 0. The van der Waals surface area contributed by atoms with E-state index >= 15 is 0 Å². The van der Waals surface area contributed by atoms with Crippen molar-refractivity contribution in [1.82, 2.24) is 0 Å². The van der Waals surface area contributed by atoms with Crippen molar-refractivity contribution < 1.29 is 0 Å². The summed E-state index contributed by atoms with van der Waals surface area (Å²) in [6.07, 6.45) is 1.38. The van der Waals surface area contributed by atoms with E-state index in [2.05, 4.69) is 34.2 Å². The molecular weight excluding hydrogens is 124 g/mol. The average Bonchev–Trinajstić information content (AvgIpc) is 1.84. The van der Waals surface area contributed by atoms with Crippen LogP contribution in [0.15, 0.2) is 0 Å². The minimum Gasteiger partial charge on any atom is -0.0716 e. The van der Waals surface area contributed by atoms with Gasteiger partial charge in [-0.3, -0.25) is 0 Å². The second-order valence-electron chi connectivity index (χ2n) is 3.49. The summed E-state index contributed by atoms with van der Waals surface area (Å²) in [4.78, 5) is 0. The third kappa shape index (κ3) is 3.04. The Hall–Kier alpha value is 0.217. The van der Waals surface area contributed by atoms with Crippen LogP contribution in [0.25, 0.3) is 0 Å². The molecule has 56 valence electrons. The van der Waals surface area contributed by atoms with Crippen molar-refractivity contribution >= 4 is 8.80 Å². The van der Waals surface area contributed by atoms with Gasteiger partial charge in [0.15, 0.2) is 0 Å². The molecule has 0 fully saturated rings. The van der Waals surface area contributed by atoms with Crippen LogP contribution in [0.3, 0.4) is 0 Å². The molecule has 0 aliphatic carbocycles. The maximum atomic E-state index is 2.48. The van der Waals surface area contributed by atoms with Crippen molar-refractivity contribution in [2.75, 3.05) is 0 Å². The SMILES string of the molecule is CCC(C)[SiH](C)C(C)C. The highest BCUT2D eigenvalue weighted by Gasteiger charge is 2.14. The molecule has 0 aliphatic rings. The Labute approximate surface area is 61.3 Å². The molecule has 0 aromatic heterocycles. The molecular formula is C8H20Si. The molecule has 2 unspecified atom stereocenters. The Balaban J connectivity index is 3.58. The minimum absolute atomic E-state index is 0.370. The molecule has 0 nitrogen and oxygen atoms in total. The first-order valence-corrected chi connectivity index (χ1v) is 6.58. The second-order valence-corrected chi connectivity index (χ2v) is 7.68. The van der Waals surface area contributed by atoms with E-state index in [1.165, 1.54) is 6.42 Å². The summed E-state index contributed by atoms with van der Waals surface area (Å²) in [5, 5.41) is 0. The molecule has 9 heavy (non-hydrogen) atoms. The average molecular weight is 144 g/mol. The fraction of sp³-hybridized carbons (Fsp3) is 1.00. The molecule has 0 aromatic rings. The zero-order valence-electron chi connectivity index (χ0n) is 7.44. The van der Waals surface area contributed by atoms with Gasteiger partial charge in [0.25, 0.3) is 0 Å². The number of rotatable bonds is 3. The second kappa shape index (κ2) is 4.10. The van der Waals surface area contributed by atoms with E-state index in [1.54, 1.807) is 0 Å². The van der Waals surface area contributed by atoms with Crippen LogP contribution in [0.4, 0.5) is 0 Å². The van der Waals surface area contributed by atoms with Crippen LogP contribution in [-0.2, 0) is 0 Å². The van der Waals surface area contributed by atoms with Gasteiger partial charge in [-0.05, 0) is 0 Å². The van der Waals surface area contributed by atoms with E-state index in [9.17, 15) is 0 Å². The third-order valence-electron chi connectivity index (χ3n) is 2.59. The van der Waals surface area contributed by atoms with Gasteiger partial charge in [0.05, 0.1) is 0 Å². The lowest BCUT2D eigenvalue weighted by Gasteiger charge is -2.19. The highest BCUT2D eigenvalue weighted by atomic mass is 28.3. The van der Waals surface area contributed by atoms with Crippen molar-refractivity contribution in [3.8, 4) is 0 Å². The van der Waals surface area contributed by atoms with Gasteiger partial charge < -0.3 is 0 Å².